The lowest BCUT2D eigenvalue weighted by molar-refractivity contribution is 0.357. The molecule has 2 aliphatic rings. The molecule has 2 N–H and O–H groups in total. The number of hydrogen-bond acceptors (Lipinski definition) is 4. The normalized spacial score (nSPS) is 20.2. The monoisotopic (exact) mass is 372 g/mol. The highest BCUT2D eigenvalue weighted by molar-refractivity contribution is 7.90. The number of sulfonamides is 2. The molecule has 3 rings (SSSR count). The maximum atomic E-state index is 12.5. The van der Waals surface area contributed by atoms with Crippen LogP contribution in [0.4, 0.5) is 0 Å². The summed E-state index contributed by atoms with van der Waals surface area (Å²) in [6, 6.07) is 5.54. The van der Waals surface area contributed by atoms with Crippen molar-refractivity contribution in [1.82, 2.24) is 9.44 Å². The molecule has 8 heteroatoms. The smallest absolute Gasteiger partial charge is 0.211 e. The number of hydrogen-bond donors (Lipinski definition) is 2. The summed E-state index contributed by atoms with van der Waals surface area (Å²) < 4.78 is 54.6. The van der Waals surface area contributed by atoms with Crippen molar-refractivity contribution in [3.8, 4) is 0 Å². The molecule has 0 heterocycles. The molecule has 0 unspecified atom stereocenters. The number of nitrogens with one attached hydrogen (secondary N) is 2. The van der Waals surface area contributed by atoms with Crippen LogP contribution >= 0.6 is 0 Å². The van der Waals surface area contributed by atoms with Crippen molar-refractivity contribution in [2.45, 2.75) is 60.8 Å². The molecule has 0 spiro atoms. The highest BCUT2D eigenvalue weighted by Gasteiger charge is 2.28. The first-order chi connectivity index (χ1) is 11.4. The van der Waals surface area contributed by atoms with Crippen LogP contribution in [0.3, 0.4) is 0 Å². The van der Waals surface area contributed by atoms with Gasteiger partial charge in [-0.15, -0.1) is 0 Å². The van der Waals surface area contributed by atoms with Gasteiger partial charge in [0.05, 0.1) is 9.79 Å². The van der Waals surface area contributed by atoms with E-state index in [1.54, 1.807) is 0 Å². The number of benzene rings is 1. The zero-order chi connectivity index (χ0) is 17.2. The molecule has 0 atom stereocenters. The van der Waals surface area contributed by atoms with E-state index in [1.807, 2.05) is 0 Å². The van der Waals surface area contributed by atoms with Crippen LogP contribution in [-0.4, -0.2) is 29.4 Å². The van der Waals surface area contributed by atoms with Crippen molar-refractivity contribution in [1.29, 1.82) is 0 Å². The van der Waals surface area contributed by atoms with Gasteiger partial charge in [-0.2, -0.15) is 0 Å². The van der Waals surface area contributed by atoms with Gasteiger partial charge in [-0.05, 0) is 49.8 Å². The van der Waals surface area contributed by atoms with Gasteiger partial charge in [0.1, 0.15) is 0 Å². The van der Waals surface area contributed by atoms with E-state index in [2.05, 4.69) is 9.44 Å². The molecule has 1 aromatic rings. The average molecular weight is 373 g/mol. The summed E-state index contributed by atoms with van der Waals surface area (Å²) in [7, 11) is -7.35. The Kier molecular flexibility index (Phi) is 5.29. The fourth-order valence-electron chi connectivity index (χ4n) is 3.00. The van der Waals surface area contributed by atoms with Crippen LogP contribution in [0.2, 0.25) is 0 Å². The second kappa shape index (κ2) is 7.11. The highest BCUT2D eigenvalue weighted by Crippen LogP contribution is 2.25. The van der Waals surface area contributed by atoms with Crippen LogP contribution in [0.5, 0.6) is 0 Å². The van der Waals surface area contributed by atoms with E-state index in [9.17, 15) is 16.8 Å². The third kappa shape index (κ3) is 4.56. The molecule has 0 aromatic heterocycles. The Morgan fingerprint density at radius 2 is 1.50 bits per heavy atom. The van der Waals surface area contributed by atoms with E-state index in [-0.39, 0.29) is 15.8 Å². The minimum absolute atomic E-state index is 0.00280. The fraction of sp³-hybridized carbons (Fsp3) is 0.625. The van der Waals surface area contributed by atoms with Gasteiger partial charge < -0.3 is 0 Å². The van der Waals surface area contributed by atoms with E-state index in [0.29, 0.717) is 12.5 Å². The third-order valence-electron chi connectivity index (χ3n) is 4.61. The first-order valence-electron chi connectivity index (χ1n) is 8.49. The van der Waals surface area contributed by atoms with Crippen LogP contribution < -0.4 is 9.44 Å². The van der Waals surface area contributed by atoms with E-state index >= 15 is 0 Å². The molecular weight excluding hydrogens is 348 g/mol. The predicted molar refractivity (Wildman–Crippen MR) is 91.5 cm³/mol. The second-order valence-corrected chi connectivity index (χ2v) is 10.2. The van der Waals surface area contributed by atoms with Crippen LogP contribution in [-0.2, 0) is 20.0 Å². The lowest BCUT2D eigenvalue weighted by Gasteiger charge is -2.21. The summed E-state index contributed by atoms with van der Waals surface area (Å²) in [4.78, 5) is -0.00748. The standard InChI is InChI=1S/C16H24N2O4S2/c19-23(20,17-12-13-5-2-1-3-6-13)15-7-4-8-16(11-15)24(21,22)18-14-9-10-14/h4,7-8,11,13-14,17-18H,1-3,5-6,9-10,12H2. The SMILES string of the molecule is O=S(=O)(NCC1CCCCC1)c1cccc(S(=O)(=O)NC2CC2)c1. The quantitative estimate of drug-likeness (QED) is 0.765. The summed E-state index contributed by atoms with van der Waals surface area (Å²) in [5, 5.41) is 0. The maximum absolute atomic E-state index is 12.5. The van der Waals surface area contributed by atoms with Crippen molar-refractivity contribution in [2.24, 2.45) is 5.92 Å². The van der Waals surface area contributed by atoms with Gasteiger partial charge in [0, 0.05) is 12.6 Å². The zero-order valence-corrected chi connectivity index (χ0v) is 15.2. The third-order valence-corrected chi connectivity index (χ3v) is 7.55. The minimum atomic E-state index is -3.70. The van der Waals surface area contributed by atoms with E-state index in [0.717, 1.165) is 38.5 Å². The van der Waals surface area contributed by atoms with E-state index in [4.69, 9.17) is 0 Å². The maximum Gasteiger partial charge on any atom is 0.240 e. The summed E-state index contributed by atoms with van der Waals surface area (Å²) in [5.74, 6) is 0.372. The Hall–Kier alpha value is -0.960. The Balaban J connectivity index is 1.71. The van der Waals surface area contributed by atoms with Crippen molar-refractivity contribution in [2.75, 3.05) is 6.54 Å². The van der Waals surface area contributed by atoms with Crippen molar-refractivity contribution in [3.63, 3.8) is 0 Å². The predicted octanol–water partition coefficient (Wildman–Crippen LogP) is 1.99. The molecule has 2 aliphatic carbocycles. The Labute approximate surface area is 144 Å². The van der Waals surface area contributed by atoms with Crippen molar-refractivity contribution in [3.05, 3.63) is 24.3 Å². The van der Waals surface area contributed by atoms with Gasteiger partial charge in [-0.3, -0.25) is 0 Å². The molecule has 0 aliphatic heterocycles. The molecule has 2 fully saturated rings. The van der Waals surface area contributed by atoms with Crippen LogP contribution in [0, 0.1) is 5.92 Å². The molecule has 134 valence electrons. The largest absolute Gasteiger partial charge is 0.240 e. The molecule has 0 radical (unpaired) electrons. The highest BCUT2D eigenvalue weighted by atomic mass is 32.2. The van der Waals surface area contributed by atoms with Crippen molar-refractivity contribution < 1.29 is 16.8 Å². The van der Waals surface area contributed by atoms with Gasteiger partial charge in [-0.25, -0.2) is 26.3 Å². The first-order valence-corrected chi connectivity index (χ1v) is 11.5. The number of rotatable bonds is 7. The summed E-state index contributed by atoms with van der Waals surface area (Å²) in [6.07, 6.45) is 7.27. The lowest BCUT2D eigenvalue weighted by Crippen LogP contribution is -2.31. The minimum Gasteiger partial charge on any atom is -0.211 e. The van der Waals surface area contributed by atoms with Crippen LogP contribution in [0.15, 0.2) is 34.1 Å². The topological polar surface area (TPSA) is 92.3 Å². The Bertz CT molecular complexity index is 780. The molecule has 2 saturated carbocycles. The van der Waals surface area contributed by atoms with Crippen LogP contribution in [0.1, 0.15) is 44.9 Å². The average Bonchev–Trinajstić information content (AvgIpc) is 3.37. The zero-order valence-electron chi connectivity index (χ0n) is 13.6. The van der Waals surface area contributed by atoms with E-state index < -0.39 is 20.0 Å². The van der Waals surface area contributed by atoms with Gasteiger partial charge in [0.25, 0.3) is 0 Å². The van der Waals surface area contributed by atoms with Gasteiger partial charge in [0.2, 0.25) is 20.0 Å². The molecule has 1 aromatic carbocycles. The Morgan fingerprint density at radius 1 is 0.875 bits per heavy atom. The van der Waals surface area contributed by atoms with Gasteiger partial charge >= 0.3 is 0 Å². The van der Waals surface area contributed by atoms with Gasteiger partial charge in [-0.1, -0.05) is 25.3 Å². The molecular formula is C16H24N2O4S2. The molecule has 0 amide bonds. The van der Waals surface area contributed by atoms with Crippen LogP contribution in [0.25, 0.3) is 0 Å². The molecule has 0 bridgehead atoms. The van der Waals surface area contributed by atoms with Crippen molar-refractivity contribution >= 4 is 20.0 Å². The van der Waals surface area contributed by atoms with Gasteiger partial charge in [0.15, 0.2) is 0 Å². The molecule has 0 saturated heterocycles. The molecule has 24 heavy (non-hydrogen) atoms. The van der Waals surface area contributed by atoms with E-state index in [1.165, 1.54) is 30.7 Å². The second-order valence-electron chi connectivity index (χ2n) is 6.73. The lowest BCUT2D eigenvalue weighted by atomic mass is 9.90. The fourth-order valence-corrected chi connectivity index (χ4v) is 5.59. The molecule has 6 nitrogen and oxygen atoms in total. The first kappa shape index (κ1) is 17.8. The summed E-state index contributed by atoms with van der Waals surface area (Å²) >= 11 is 0. The summed E-state index contributed by atoms with van der Waals surface area (Å²) in [5.41, 5.74) is 0. The summed E-state index contributed by atoms with van der Waals surface area (Å²) in [6.45, 7) is 0.416. The Morgan fingerprint density at radius 3 is 2.12 bits per heavy atom.